The minimum atomic E-state index is -0.241. The number of aryl methyl sites for hydroxylation is 2. The van der Waals surface area contributed by atoms with Gasteiger partial charge in [0.2, 0.25) is 5.91 Å². The number of hydrogen-bond acceptors (Lipinski definition) is 5. The molecule has 0 spiro atoms. The highest BCUT2D eigenvalue weighted by molar-refractivity contribution is 5.99. The summed E-state index contributed by atoms with van der Waals surface area (Å²) in [7, 11) is 1.63. The van der Waals surface area contributed by atoms with E-state index in [-0.39, 0.29) is 29.9 Å². The summed E-state index contributed by atoms with van der Waals surface area (Å²) in [5, 5.41) is 12.9. The molecule has 2 N–H and O–H groups in total. The molecule has 2 heterocycles. The molecule has 2 amide bonds. The first-order chi connectivity index (χ1) is 17.3. The van der Waals surface area contributed by atoms with Gasteiger partial charge in [0.05, 0.1) is 13.2 Å². The Bertz CT molecular complexity index is 1160. The van der Waals surface area contributed by atoms with Crippen molar-refractivity contribution >= 4 is 17.5 Å². The van der Waals surface area contributed by atoms with Crippen molar-refractivity contribution in [3.05, 3.63) is 58.1 Å². The molecule has 2 fully saturated rings. The molecule has 3 aliphatic rings. The van der Waals surface area contributed by atoms with Gasteiger partial charge in [-0.3, -0.25) is 14.5 Å². The van der Waals surface area contributed by atoms with Crippen LogP contribution < -0.4 is 10.1 Å². The molecule has 0 aromatic heterocycles. The largest absolute Gasteiger partial charge is 0.496 e. The molecule has 0 unspecified atom stereocenters. The Balaban J connectivity index is 1.19. The first kappa shape index (κ1) is 24.8. The van der Waals surface area contributed by atoms with Crippen LogP contribution in [0.5, 0.6) is 5.75 Å². The molecule has 7 nitrogen and oxygen atoms in total. The number of aliphatic hydroxyl groups excluding tert-OH is 1. The summed E-state index contributed by atoms with van der Waals surface area (Å²) in [5.74, 6) is 0.886. The molecule has 36 heavy (non-hydrogen) atoms. The maximum atomic E-state index is 13.4. The molecule has 1 saturated heterocycles. The third-order valence-electron chi connectivity index (χ3n) is 8.19. The Morgan fingerprint density at radius 2 is 1.86 bits per heavy atom. The van der Waals surface area contributed by atoms with E-state index in [0.29, 0.717) is 13.1 Å². The lowest BCUT2D eigenvalue weighted by Crippen LogP contribution is -2.40. The average molecular weight is 492 g/mol. The Morgan fingerprint density at radius 3 is 2.56 bits per heavy atom. The number of anilines is 1. The van der Waals surface area contributed by atoms with Gasteiger partial charge < -0.3 is 20.1 Å². The van der Waals surface area contributed by atoms with Crippen LogP contribution in [0, 0.1) is 19.8 Å². The SMILES string of the molecule is COc1cc(NC(=O)C2CCC(N3Cc4c(C)cc(CN5CC[C@@H](O)C5)cc4C3=O)CC2)ccc1C. The number of amides is 2. The van der Waals surface area contributed by atoms with Crippen molar-refractivity contribution in [1.29, 1.82) is 0 Å². The minimum Gasteiger partial charge on any atom is -0.496 e. The van der Waals surface area contributed by atoms with Crippen LogP contribution in [-0.2, 0) is 17.9 Å². The van der Waals surface area contributed by atoms with E-state index in [9.17, 15) is 14.7 Å². The number of nitrogens with one attached hydrogen (secondary N) is 1. The fraction of sp³-hybridized carbons (Fsp3) is 0.517. The molecule has 0 bridgehead atoms. The van der Waals surface area contributed by atoms with Gasteiger partial charge >= 0.3 is 0 Å². The topological polar surface area (TPSA) is 82.1 Å². The van der Waals surface area contributed by atoms with Gasteiger partial charge in [-0.2, -0.15) is 0 Å². The maximum absolute atomic E-state index is 13.4. The van der Waals surface area contributed by atoms with Crippen molar-refractivity contribution < 1.29 is 19.4 Å². The van der Waals surface area contributed by atoms with Crippen molar-refractivity contribution in [1.82, 2.24) is 9.80 Å². The fourth-order valence-electron chi connectivity index (χ4n) is 6.08. The summed E-state index contributed by atoms with van der Waals surface area (Å²) in [6, 6.07) is 10.1. The molecule has 7 heteroatoms. The van der Waals surface area contributed by atoms with E-state index >= 15 is 0 Å². The van der Waals surface area contributed by atoms with E-state index in [0.717, 1.165) is 78.9 Å². The number of β-amino-alcohol motifs (C(OH)–C–C–N with tert-alkyl or cyclic N) is 1. The van der Waals surface area contributed by atoms with E-state index in [1.807, 2.05) is 30.0 Å². The number of likely N-dealkylation sites (tertiary alicyclic amines) is 1. The Morgan fingerprint density at radius 1 is 1.08 bits per heavy atom. The zero-order chi connectivity index (χ0) is 25.4. The Kier molecular flexibility index (Phi) is 7.04. The third kappa shape index (κ3) is 5.00. The van der Waals surface area contributed by atoms with Gasteiger partial charge in [0.1, 0.15) is 5.75 Å². The van der Waals surface area contributed by atoms with E-state index in [4.69, 9.17) is 4.74 Å². The number of benzene rings is 2. The summed E-state index contributed by atoms with van der Waals surface area (Å²) in [4.78, 5) is 30.6. The summed E-state index contributed by atoms with van der Waals surface area (Å²) >= 11 is 0. The normalized spacial score (nSPS) is 24.2. The van der Waals surface area contributed by atoms with Crippen LogP contribution in [0.15, 0.2) is 30.3 Å². The van der Waals surface area contributed by atoms with Crippen LogP contribution >= 0.6 is 0 Å². The number of fused-ring (bicyclic) bond motifs is 1. The number of nitrogens with zero attached hydrogens (tertiary/aromatic N) is 2. The minimum absolute atomic E-state index is 0.0437. The first-order valence-corrected chi connectivity index (χ1v) is 13.1. The van der Waals surface area contributed by atoms with Gasteiger partial charge in [0.25, 0.3) is 5.91 Å². The van der Waals surface area contributed by atoms with E-state index in [2.05, 4.69) is 29.3 Å². The second-order valence-electron chi connectivity index (χ2n) is 10.7. The van der Waals surface area contributed by atoms with E-state index in [1.54, 1.807) is 7.11 Å². The number of carbonyl (C=O) groups is 2. The fourth-order valence-corrected chi connectivity index (χ4v) is 6.08. The van der Waals surface area contributed by atoms with Gasteiger partial charge in [-0.1, -0.05) is 12.1 Å². The quantitative estimate of drug-likeness (QED) is 0.638. The highest BCUT2D eigenvalue weighted by Crippen LogP contribution is 2.35. The van der Waals surface area contributed by atoms with Crippen LogP contribution in [0.25, 0.3) is 0 Å². The van der Waals surface area contributed by atoms with Gasteiger partial charge in [-0.05, 0) is 80.3 Å². The van der Waals surface area contributed by atoms with E-state index in [1.165, 1.54) is 5.56 Å². The van der Waals surface area contributed by atoms with Crippen molar-refractivity contribution in [2.75, 3.05) is 25.5 Å². The van der Waals surface area contributed by atoms with Crippen LogP contribution in [0.3, 0.4) is 0 Å². The van der Waals surface area contributed by atoms with Crippen molar-refractivity contribution in [2.45, 2.75) is 71.2 Å². The molecule has 192 valence electrons. The summed E-state index contributed by atoms with van der Waals surface area (Å²) in [6.07, 6.45) is 3.81. The van der Waals surface area contributed by atoms with Gasteiger partial charge in [-0.15, -0.1) is 0 Å². The molecular formula is C29H37N3O4. The van der Waals surface area contributed by atoms with Gasteiger partial charge in [0, 0.05) is 55.5 Å². The highest BCUT2D eigenvalue weighted by Gasteiger charge is 2.37. The average Bonchev–Trinajstić information content (AvgIpc) is 3.43. The van der Waals surface area contributed by atoms with Gasteiger partial charge in [-0.25, -0.2) is 0 Å². The molecule has 2 aromatic carbocycles. The van der Waals surface area contributed by atoms with Crippen molar-refractivity contribution in [3.63, 3.8) is 0 Å². The molecule has 1 saturated carbocycles. The Hall–Kier alpha value is -2.90. The summed E-state index contributed by atoms with van der Waals surface area (Å²) < 4.78 is 5.37. The van der Waals surface area contributed by atoms with Crippen molar-refractivity contribution in [3.8, 4) is 5.75 Å². The predicted molar refractivity (Wildman–Crippen MR) is 139 cm³/mol. The number of hydrogen-bond donors (Lipinski definition) is 2. The molecule has 1 aliphatic carbocycles. The molecule has 2 aromatic rings. The zero-order valence-corrected chi connectivity index (χ0v) is 21.5. The molecular weight excluding hydrogens is 454 g/mol. The lowest BCUT2D eigenvalue weighted by Gasteiger charge is -2.34. The maximum Gasteiger partial charge on any atom is 0.254 e. The highest BCUT2D eigenvalue weighted by atomic mass is 16.5. The zero-order valence-electron chi connectivity index (χ0n) is 21.5. The first-order valence-electron chi connectivity index (χ1n) is 13.1. The van der Waals surface area contributed by atoms with Gasteiger partial charge in [0.15, 0.2) is 0 Å². The monoisotopic (exact) mass is 491 g/mol. The second-order valence-corrected chi connectivity index (χ2v) is 10.7. The Labute approximate surface area is 213 Å². The number of ether oxygens (including phenoxy) is 1. The van der Waals surface area contributed by atoms with Crippen LogP contribution in [0.1, 0.15) is 64.7 Å². The number of carbonyl (C=O) groups excluding carboxylic acids is 2. The lowest BCUT2D eigenvalue weighted by molar-refractivity contribution is -0.121. The number of methoxy groups -OCH3 is 1. The van der Waals surface area contributed by atoms with Crippen LogP contribution in [0.2, 0.25) is 0 Å². The van der Waals surface area contributed by atoms with E-state index < -0.39 is 0 Å². The molecule has 0 radical (unpaired) electrons. The smallest absolute Gasteiger partial charge is 0.254 e. The summed E-state index contributed by atoms with van der Waals surface area (Å²) in [6.45, 7) is 7.10. The van der Waals surface area contributed by atoms with Crippen LogP contribution in [-0.4, -0.2) is 59.1 Å². The number of rotatable bonds is 6. The predicted octanol–water partition coefficient (Wildman–Crippen LogP) is 4.03. The molecule has 1 atom stereocenters. The third-order valence-corrected chi connectivity index (χ3v) is 8.19. The standard InChI is InChI=1S/C29H37N3O4/c1-18-4-7-22(14-27(18)36-3)30-28(34)21-5-8-23(9-6-21)32-17-26-19(2)12-20(13-25(26)29(32)35)15-31-11-10-24(33)16-31/h4,7,12-14,21,23-24,33H,5-6,8-11,15-17H2,1-3H3,(H,30,34)/t21?,23?,24-/m1/s1. The second kappa shape index (κ2) is 10.2. The molecule has 5 rings (SSSR count). The van der Waals surface area contributed by atoms with Crippen molar-refractivity contribution in [2.24, 2.45) is 5.92 Å². The summed E-state index contributed by atoms with van der Waals surface area (Å²) in [5.41, 5.74) is 6.06. The number of aliphatic hydroxyl groups is 1. The van der Waals surface area contributed by atoms with Crippen LogP contribution in [0.4, 0.5) is 5.69 Å². The molecule has 2 aliphatic heterocycles. The lowest BCUT2D eigenvalue weighted by atomic mass is 9.84.